The predicted molar refractivity (Wildman–Crippen MR) is 124 cm³/mol. The minimum absolute atomic E-state index is 0.241. The lowest BCUT2D eigenvalue weighted by Crippen LogP contribution is -2.74. The largest absolute Gasteiger partial charge is 0.298 e. The molecule has 3 heteroatoms. The maximum absolute atomic E-state index is 5.28. The van der Waals surface area contributed by atoms with Crippen molar-refractivity contribution in [2.45, 2.75) is 149 Å². The van der Waals surface area contributed by atoms with Crippen LogP contribution in [0.2, 0.25) is 0 Å². The molecule has 28 heavy (non-hydrogen) atoms. The highest BCUT2D eigenvalue weighted by Crippen LogP contribution is 2.46. The van der Waals surface area contributed by atoms with Crippen LogP contribution >= 0.6 is 0 Å². The van der Waals surface area contributed by atoms with Gasteiger partial charge >= 0.3 is 0 Å². The Kier molecular flexibility index (Phi) is 10.5. The van der Waals surface area contributed by atoms with Crippen LogP contribution in [0.4, 0.5) is 0 Å². The Morgan fingerprint density at radius 3 is 2.04 bits per heavy atom. The zero-order valence-electron chi connectivity index (χ0n) is 19.7. The third-order valence-corrected chi connectivity index (χ3v) is 7.22. The van der Waals surface area contributed by atoms with Gasteiger partial charge in [-0.2, -0.15) is 0 Å². The molecule has 0 spiro atoms. The van der Waals surface area contributed by atoms with Crippen LogP contribution < -0.4 is 5.32 Å². The van der Waals surface area contributed by atoms with Crippen molar-refractivity contribution in [3.8, 4) is 0 Å². The topological polar surface area (TPSA) is 27.6 Å². The molecule has 0 saturated carbocycles. The van der Waals surface area contributed by atoms with Crippen LogP contribution in [0, 0.1) is 5.41 Å². The Balaban J connectivity index is 2.41. The van der Waals surface area contributed by atoms with E-state index in [1.54, 1.807) is 0 Å². The number of rotatable bonds is 14. The summed E-state index contributed by atoms with van der Waals surface area (Å²) in [5.74, 6) is 0. The number of fused-ring (bicyclic) bond motifs is 2. The molecule has 0 aromatic heterocycles. The zero-order chi connectivity index (χ0) is 20.4. The van der Waals surface area contributed by atoms with Gasteiger partial charge in [0.05, 0.1) is 6.17 Å². The first-order valence-corrected chi connectivity index (χ1v) is 12.8. The van der Waals surface area contributed by atoms with E-state index in [-0.39, 0.29) is 5.41 Å². The molecule has 2 aliphatic rings. The summed E-state index contributed by atoms with van der Waals surface area (Å²) in [6.07, 6.45) is 21.5. The third-order valence-electron chi connectivity index (χ3n) is 7.22. The van der Waals surface area contributed by atoms with Crippen molar-refractivity contribution in [2.24, 2.45) is 10.4 Å². The smallest absolute Gasteiger partial charge is 0.103 e. The molecule has 2 bridgehead atoms. The molecule has 0 aliphatic carbocycles. The van der Waals surface area contributed by atoms with Gasteiger partial charge in [0.25, 0.3) is 0 Å². The minimum atomic E-state index is 0.241. The summed E-state index contributed by atoms with van der Waals surface area (Å²) in [6, 6.07) is 1.28. The summed E-state index contributed by atoms with van der Waals surface area (Å²) in [4.78, 5) is 8.15. The Labute approximate surface area is 176 Å². The van der Waals surface area contributed by atoms with Gasteiger partial charge in [0, 0.05) is 23.7 Å². The normalized spacial score (nSPS) is 34.7. The van der Waals surface area contributed by atoms with E-state index in [4.69, 9.17) is 4.99 Å². The maximum Gasteiger partial charge on any atom is 0.103 e. The fourth-order valence-electron chi connectivity index (χ4n) is 5.75. The van der Waals surface area contributed by atoms with Gasteiger partial charge in [-0.25, -0.2) is 0 Å². The standard InChI is InChI=1S/C25H49N3/c1-6-11-15-21-25(19-10-5)20-26-23(17-13-8-3)28(22(25)16-12-7-2)24(27-21)18-14-9-4/h20-24,27H,6-19H2,1-5H3. The second-order valence-electron chi connectivity index (χ2n) is 9.39. The summed E-state index contributed by atoms with van der Waals surface area (Å²) >= 11 is 0. The van der Waals surface area contributed by atoms with E-state index in [1.807, 2.05) is 0 Å². The van der Waals surface area contributed by atoms with E-state index in [0.717, 1.165) is 0 Å². The van der Waals surface area contributed by atoms with Crippen LogP contribution in [0.3, 0.4) is 0 Å². The van der Waals surface area contributed by atoms with Crippen LogP contribution in [0.1, 0.15) is 125 Å². The molecular formula is C25H49N3. The summed E-state index contributed by atoms with van der Waals surface area (Å²) in [5, 5.41) is 4.20. The molecule has 0 radical (unpaired) electrons. The molecule has 0 amide bonds. The maximum atomic E-state index is 5.28. The van der Waals surface area contributed by atoms with Crippen molar-refractivity contribution in [1.82, 2.24) is 10.2 Å². The molecule has 0 aromatic carbocycles. The first kappa shape index (κ1) is 23.9. The van der Waals surface area contributed by atoms with Crippen LogP contribution in [0.25, 0.3) is 0 Å². The van der Waals surface area contributed by atoms with E-state index in [0.29, 0.717) is 24.4 Å². The van der Waals surface area contributed by atoms with Gasteiger partial charge in [-0.15, -0.1) is 0 Å². The summed E-state index contributed by atoms with van der Waals surface area (Å²) in [7, 11) is 0. The number of hydrogen-bond donors (Lipinski definition) is 1. The molecule has 0 aromatic rings. The molecule has 1 N–H and O–H groups in total. The first-order valence-electron chi connectivity index (χ1n) is 12.8. The predicted octanol–water partition coefficient (Wildman–Crippen LogP) is 6.91. The molecule has 6 atom stereocenters. The van der Waals surface area contributed by atoms with Crippen LogP contribution in [0.15, 0.2) is 4.99 Å². The molecule has 2 aliphatic heterocycles. The summed E-state index contributed by atoms with van der Waals surface area (Å²) in [5.41, 5.74) is 0.241. The fraction of sp³-hybridized carbons (Fsp3) is 0.960. The van der Waals surface area contributed by atoms with E-state index in [1.165, 1.54) is 89.9 Å². The van der Waals surface area contributed by atoms with Crippen LogP contribution in [-0.2, 0) is 0 Å². The lowest BCUT2D eigenvalue weighted by atomic mass is 9.65. The van der Waals surface area contributed by atoms with Crippen molar-refractivity contribution >= 4 is 6.21 Å². The molecule has 1 fully saturated rings. The van der Waals surface area contributed by atoms with E-state index in [2.05, 4.69) is 51.0 Å². The lowest BCUT2D eigenvalue weighted by molar-refractivity contribution is -0.0772. The van der Waals surface area contributed by atoms with Gasteiger partial charge < -0.3 is 0 Å². The molecule has 3 nitrogen and oxygen atoms in total. The van der Waals surface area contributed by atoms with E-state index >= 15 is 0 Å². The van der Waals surface area contributed by atoms with Gasteiger partial charge in [-0.3, -0.25) is 15.2 Å². The Bertz CT molecular complexity index is 449. The van der Waals surface area contributed by atoms with Crippen molar-refractivity contribution in [3.05, 3.63) is 0 Å². The highest BCUT2D eigenvalue weighted by molar-refractivity contribution is 5.70. The summed E-state index contributed by atoms with van der Waals surface area (Å²) in [6.45, 7) is 11.7. The highest BCUT2D eigenvalue weighted by atomic mass is 15.4. The monoisotopic (exact) mass is 391 g/mol. The molecular weight excluding hydrogens is 342 g/mol. The number of aliphatic imine (C=N–C) groups is 1. The average Bonchev–Trinajstić information content (AvgIpc) is 2.70. The van der Waals surface area contributed by atoms with E-state index < -0.39 is 0 Å². The Morgan fingerprint density at radius 1 is 0.786 bits per heavy atom. The number of unbranched alkanes of at least 4 members (excludes halogenated alkanes) is 4. The van der Waals surface area contributed by atoms with Gasteiger partial charge in [-0.05, 0) is 32.1 Å². The molecule has 6 unspecified atom stereocenters. The van der Waals surface area contributed by atoms with Crippen molar-refractivity contribution in [3.63, 3.8) is 0 Å². The van der Waals surface area contributed by atoms with Crippen molar-refractivity contribution in [2.75, 3.05) is 0 Å². The lowest BCUT2D eigenvalue weighted by Gasteiger charge is -2.61. The molecule has 2 heterocycles. The van der Waals surface area contributed by atoms with Gasteiger partial charge in [-0.1, -0.05) is 92.4 Å². The van der Waals surface area contributed by atoms with Gasteiger partial charge in [0.2, 0.25) is 0 Å². The highest BCUT2D eigenvalue weighted by Gasteiger charge is 2.54. The number of nitrogens with one attached hydrogen (secondary N) is 1. The average molecular weight is 392 g/mol. The fourth-order valence-corrected chi connectivity index (χ4v) is 5.75. The molecule has 164 valence electrons. The third kappa shape index (κ3) is 5.39. The van der Waals surface area contributed by atoms with Gasteiger partial charge in [0.15, 0.2) is 0 Å². The Morgan fingerprint density at radius 2 is 1.39 bits per heavy atom. The molecule has 2 rings (SSSR count). The quantitative estimate of drug-likeness (QED) is 0.348. The second kappa shape index (κ2) is 12.3. The first-order chi connectivity index (χ1) is 13.7. The SMILES string of the molecule is CCCCC1N=CC2(CCC)C(CCCC)NC(CCCC)N1C2CCCC. The van der Waals surface area contributed by atoms with Crippen LogP contribution in [-0.4, -0.2) is 35.5 Å². The van der Waals surface area contributed by atoms with Crippen molar-refractivity contribution in [1.29, 1.82) is 0 Å². The van der Waals surface area contributed by atoms with Crippen molar-refractivity contribution < 1.29 is 0 Å². The second-order valence-corrected chi connectivity index (χ2v) is 9.39. The minimum Gasteiger partial charge on any atom is -0.298 e. The molecule has 1 saturated heterocycles. The van der Waals surface area contributed by atoms with Gasteiger partial charge in [0.1, 0.15) is 6.17 Å². The zero-order valence-corrected chi connectivity index (χ0v) is 19.7. The Hall–Kier alpha value is -0.410. The summed E-state index contributed by atoms with van der Waals surface area (Å²) < 4.78 is 0. The number of nitrogens with zero attached hydrogens (tertiary/aromatic N) is 2. The number of hydrogen-bond acceptors (Lipinski definition) is 3. The van der Waals surface area contributed by atoms with E-state index in [9.17, 15) is 0 Å². The van der Waals surface area contributed by atoms with Crippen LogP contribution in [0.5, 0.6) is 0 Å².